The third kappa shape index (κ3) is 6.85. The number of rotatable bonds is 10. The number of nitrogens with zero attached hydrogens (tertiary/aromatic N) is 1. The van der Waals surface area contributed by atoms with E-state index < -0.39 is 23.9 Å². The Labute approximate surface area is 105 Å². The van der Waals surface area contributed by atoms with Crippen molar-refractivity contribution in [2.24, 2.45) is 0 Å². The first kappa shape index (κ1) is 16.4. The molecule has 0 aliphatic rings. The van der Waals surface area contributed by atoms with E-state index in [1.807, 2.05) is 0 Å². The summed E-state index contributed by atoms with van der Waals surface area (Å²) in [7, 11) is 0. The summed E-state index contributed by atoms with van der Waals surface area (Å²) in [5.74, 6) is -2.96. The van der Waals surface area contributed by atoms with E-state index >= 15 is 0 Å². The third-order valence-electron chi connectivity index (χ3n) is 2.56. The highest BCUT2D eigenvalue weighted by Gasteiger charge is 2.23. The van der Waals surface area contributed by atoms with Gasteiger partial charge in [0.2, 0.25) is 0 Å². The Morgan fingerprint density at radius 2 is 1.56 bits per heavy atom. The molecule has 1 unspecified atom stereocenters. The predicted molar refractivity (Wildman–Crippen MR) is 62.4 cm³/mol. The smallest absolute Gasteiger partial charge is 0.320 e. The maximum Gasteiger partial charge on any atom is 0.320 e. The Bertz CT molecular complexity index is 304. The summed E-state index contributed by atoms with van der Waals surface area (Å²) in [6, 6.07) is -0.766. The molecule has 0 aromatic rings. The van der Waals surface area contributed by atoms with Gasteiger partial charge >= 0.3 is 17.9 Å². The minimum Gasteiger partial charge on any atom is -0.481 e. The van der Waals surface area contributed by atoms with Crippen LogP contribution in [0.2, 0.25) is 0 Å². The largest absolute Gasteiger partial charge is 0.481 e. The fourth-order valence-corrected chi connectivity index (χ4v) is 1.69. The van der Waals surface area contributed by atoms with Crippen LogP contribution in [0.5, 0.6) is 0 Å². The number of hydrogen-bond donors (Lipinski definition) is 3. The minimum atomic E-state index is -1.02. The number of aliphatic carboxylic acids is 3. The van der Waals surface area contributed by atoms with Crippen molar-refractivity contribution in [1.82, 2.24) is 4.90 Å². The molecule has 18 heavy (non-hydrogen) atoms. The second kappa shape index (κ2) is 8.46. The summed E-state index contributed by atoms with van der Waals surface area (Å²) in [5.41, 5.74) is 0. The quantitative estimate of drug-likeness (QED) is 0.524. The molecule has 0 heterocycles. The first-order chi connectivity index (χ1) is 8.38. The SMILES string of the molecule is CCC(C(=O)O)N(CCCC(=O)O)CCC(=O)O. The normalized spacial score (nSPS) is 12.3. The molecule has 7 heteroatoms. The van der Waals surface area contributed by atoms with Crippen LogP contribution in [0.3, 0.4) is 0 Å². The molecule has 0 rings (SSSR count). The van der Waals surface area contributed by atoms with Gasteiger partial charge in [-0.1, -0.05) is 6.92 Å². The molecular formula is C11H19NO6. The summed E-state index contributed by atoms with van der Waals surface area (Å²) in [6.07, 6.45) is 0.442. The van der Waals surface area contributed by atoms with Gasteiger partial charge in [-0.2, -0.15) is 0 Å². The van der Waals surface area contributed by atoms with E-state index in [0.717, 1.165) is 0 Å². The summed E-state index contributed by atoms with van der Waals surface area (Å²) >= 11 is 0. The molecule has 0 amide bonds. The second-order valence-electron chi connectivity index (χ2n) is 3.94. The van der Waals surface area contributed by atoms with Crippen molar-refractivity contribution in [3.05, 3.63) is 0 Å². The Balaban J connectivity index is 4.43. The van der Waals surface area contributed by atoms with Gasteiger partial charge in [0.05, 0.1) is 6.42 Å². The highest BCUT2D eigenvalue weighted by atomic mass is 16.4. The zero-order chi connectivity index (χ0) is 14.1. The first-order valence-corrected chi connectivity index (χ1v) is 5.78. The number of carbonyl (C=O) groups is 3. The monoisotopic (exact) mass is 261 g/mol. The van der Waals surface area contributed by atoms with E-state index in [-0.39, 0.29) is 25.9 Å². The van der Waals surface area contributed by atoms with Crippen LogP contribution in [0, 0.1) is 0 Å². The van der Waals surface area contributed by atoms with Gasteiger partial charge in [-0.05, 0) is 19.4 Å². The molecule has 0 fully saturated rings. The van der Waals surface area contributed by atoms with Crippen molar-refractivity contribution < 1.29 is 29.7 Å². The topological polar surface area (TPSA) is 115 Å². The lowest BCUT2D eigenvalue weighted by molar-refractivity contribution is -0.145. The molecule has 0 aliphatic carbocycles. The van der Waals surface area contributed by atoms with Crippen molar-refractivity contribution in [3.63, 3.8) is 0 Å². The summed E-state index contributed by atoms with van der Waals surface area (Å²) in [4.78, 5) is 33.4. The van der Waals surface area contributed by atoms with Crippen LogP contribution in [-0.4, -0.2) is 57.3 Å². The van der Waals surface area contributed by atoms with Crippen molar-refractivity contribution >= 4 is 17.9 Å². The van der Waals surface area contributed by atoms with Gasteiger partial charge in [0.25, 0.3) is 0 Å². The van der Waals surface area contributed by atoms with E-state index in [0.29, 0.717) is 12.8 Å². The van der Waals surface area contributed by atoms with Crippen LogP contribution in [-0.2, 0) is 14.4 Å². The number of carboxylic acids is 3. The van der Waals surface area contributed by atoms with E-state index in [4.69, 9.17) is 15.3 Å². The molecule has 1 atom stereocenters. The maximum absolute atomic E-state index is 11.0. The van der Waals surface area contributed by atoms with Gasteiger partial charge in [-0.25, -0.2) is 0 Å². The number of carboxylic acid groups (broad SMARTS) is 3. The first-order valence-electron chi connectivity index (χ1n) is 5.78. The van der Waals surface area contributed by atoms with Crippen molar-refractivity contribution in [2.75, 3.05) is 13.1 Å². The molecule has 7 nitrogen and oxygen atoms in total. The third-order valence-corrected chi connectivity index (χ3v) is 2.56. The lowest BCUT2D eigenvalue weighted by Gasteiger charge is -2.27. The molecule has 0 radical (unpaired) electrons. The molecule has 0 aliphatic heterocycles. The van der Waals surface area contributed by atoms with E-state index in [9.17, 15) is 14.4 Å². The van der Waals surface area contributed by atoms with Gasteiger partial charge in [0, 0.05) is 13.0 Å². The zero-order valence-corrected chi connectivity index (χ0v) is 10.3. The lowest BCUT2D eigenvalue weighted by atomic mass is 10.1. The Morgan fingerprint density at radius 3 is 1.94 bits per heavy atom. The predicted octanol–water partition coefficient (Wildman–Crippen LogP) is 0.491. The van der Waals surface area contributed by atoms with Gasteiger partial charge in [-0.15, -0.1) is 0 Å². The fourth-order valence-electron chi connectivity index (χ4n) is 1.69. The van der Waals surface area contributed by atoms with E-state index in [2.05, 4.69) is 0 Å². The van der Waals surface area contributed by atoms with Crippen LogP contribution in [0.25, 0.3) is 0 Å². The average molecular weight is 261 g/mol. The molecule has 104 valence electrons. The van der Waals surface area contributed by atoms with Crippen LogP contribution >= 0.6 is 0 Å². The summed E-state index contributed by atoms with van der Waals surface area (Å²) < 4.78 is 0. The molecule has 0 bridgehead atoms. The molecule has 0 saturated heterocycles. The highest BCUT2D eigenvalue weighted by Crippen LogP contribution is 2.08. The number of hydrogen-bond acceptors (Lipinski definition) is 4. The van der Waals surface area contributed by atoms with Gasteiger partial charge in [-0.3, -0.25) is 19.3 Å². The van der Waals surface area contributed by atoms with Crippen molar-refractivity contribution in [2.45, 2.75) is 38.6 Å². The van der Waals surface area contributed by atoms with Gasteiger partial charge < -0.3 is 15.3 Å². The Morgan fingerprint density at radius 1 is 1.00 bits per heavy atom. The van der Waals surface area contributed by atoms with Crippen LogP contribution in [0.1, 0.15) is 32.6 Å². The Kier molecular flexibility index (Phi) is 7.69. The fraction of sp³-hybridized carbons (Fsp3) is 0.727. The van der Waals surface area contributed by atoms with E-state index in [1.165, 1.54) is 4.90 Å². The van der Waals surface area contributed by atoms with E-state index in [1.54, 1.807) is 6.92 Å². The van der Waals surface area contributed by atoms with Crippen LogP contribution in [0.4, 0.5) is 0 Å². The van der Waals surface area contributed by atoms with Gasteiger partial charge in [0.15, 0.2) is 0 Å². The maximum atomic E-state index is 11.0. The van der Waals surface area contributed by atoms with Crippen LogP contribution < -0.4 is 0 Å². The standard InChI is InChI=1S/C11H19NO6/c1-2-8(11(17)18)12(7-5-10(15)16)6-3-4-9(13)14/h8H,2-7H2,1H3,(H,13,14)(H,15,16)(H,17,18). The Hall–Kier alpha value is -1.63. The molecule has 0 spiro atoms. The van der Waals surface area contributed by atoms with Crippen molar-refractivity contribution in [1.29, 1.82) is 0 Å². The lowest BCUT2D eigenvalue weighted by Crippen LogP contribution is -2.42. The molecular weight excluding hydrogens is 242 g/mol. The molecule has 0 aromatic heterocycles. The van der Waals surface area contributed by atoms with Crippen LogP contribution in [0.15, 0.2) is 0 Å². The summed E-state index contributed by atoms with van der Waals surface area (Å²) in [6.45, 7) is 2.08. The molecule has 3 N–H and O–H groups in total. The summed E-state index contributed by atoms with van der Waals surface area (Å²) in [5, 5.41) is 26.1. The zero-order valence-electron chi connectivity index (χ0n) is 10.3. The minimum absolute atomic E-state index is 0.0559. The molecule has 0 saturated carbocycles. The van der Waals surface area contributed by atoms with Gasteiger partial charge in [0.1, 0.15) is 6.04 Å². The highest BCUT2D eigenvalue weighted by molar-refractivity contribution is 5.73. The molecule has 0 aromatic carbocycles. The average Bonchev–Trinajstić information content (AvgIpc) is 2.24. The second-order valence-corrected chi connectivity index (χ2v) is 3.94. The van der Waals surface area contributed by atoms with Crippen molar-refractivity contribution in [3.8, 4) is 0 Å².